The van der Waals surface area contributed by atoms with E-state index in [1.807, 2.05) is 7.11 Å². The Morgan fingerprint density at radius 1 is 1.26 bits per heavy atom. The van der Waals surface area contributed by atoms with Crippen LogP contribution < -0.4 is 4.74 Å². The molecule has 7 atom stereocenters. The largest absolute Gasteiger partial charge is 0.486 e. The second-order valence-corrected chi connectivity index (χ2v) is 13.1. The number of nitrogens with zero attached hydrogens (tertiary/aromatic N) is 1. The van der Waals surface area contributed by atoms with Crippen LogP contribution in [0.1, 0.15) is 70.4 Å². The third kappa shape index (κ3) is 2.92. The van der Waals surface area contributed by atoms with E-state index >= 15 is 0 Å². The van der Waals surface area contributed by atoms with E-state index in [0.717, 1.165) is 50.3 Å². The van der Waals surface area contributed by atoms with Crippen molar-refractivity contribution in [3.63, 3.8) is 0 Å². The molecule has 2 heterocycles. The molecule has 35 heavy (non-hydrogen) atoms. The minimum absolute atomic E-state index is 0. The lowest BCUT2D eigenvalue weighted by Gasteiger charge is -2.72. The number of hydrogen-bond donors (Lipinski definition) is 1. The van der Waals surface area contributed by atoms with Crippen LogP contribution in [0.15, 0.2) is 30.4 Å². The van der Waals surface area contributed by atoms with Crippen molar-refractivity contribution in [1.29, 1.82) is 0 Å². The number of benzene rings is 1. The summed E-state index contributed by atoms with van der Waals surface area (Å²) in [4.78, 5) is 2.84. The fraction of sp³-hybridized carbons (Fsp3) is 0.733. The first-order chi connectivity index (χ1) is 16.3. The van der Waals surface area contributed by atoms with Gasteiger partial charge in [-0.3, -0.25) is 4.90 Å². The molecule has 2 aliphatic heterocycles. The molecule has 192 valence electrons. The first-order valence-electron chi connectivity index (χ1n) is 13.8. The molecule has 0 amide bonds. The maximum atomic E-state index is 12.1. The standard InChI is InChI=1S/C30H41NO3.ClH/c1-19(2)10-11-27(3,32)23-17-28-12-13-30(23,33-4)26-29(28)14-15-31(18-20-8-9-20)24(28)16-21-6-5-7-22(34-26)25(21)29;/h5-7,12-13,19-20,23-24,26,32H,8-11,14-18H2,1-4H3;1H/t23?,24-,26?,27?,28-,29+,30-;/m1./s1. The monoisotopic (exact) mass is 499 g/mol. The molecule has 3 unspecified atom stereocenters. The summed E-state index contributed by atoms with van der Waals surface area (Å²) in [6.07, 6.45) is 12.7. The Balaban J connectivity index is 0.00000229. The number of methoxy groups -OCH3 is 1. The van der Waals surface area contributed by atoms with Crippen molar-refractivity contribution in [1.82, 2.24) is 4.90 Å². The van der Waals surface area contributed by atoms with Gasteiger partial charge in [0.05, 0.1) is 11.0 Å². The van der Waals surface area contributed by atoms with Crippen molar-refractivity contribution in [3.8, 4) is 5.75 Å². The van der Waals surface area contributed by atoms with Crippen LogP contribution in [0.25, 0.3) is 0 Å². The van der Waals surface area contributed by atoms with Crippen LogP contribution in [-0.4, -0.2) is 53.6 Å². The van der Waals surface area contributed by atoms with Crippen LogP contribution in [0.4, 0.5) is 0 Å². The highest BCUT2D eigenvalue weighted by Gasteiger charge is 2.80. The van der Waals surface area contributed by atoms with Crippen molar-refractivity contribution < 1.29 is 14.6 Å². The van der Waals surface area contributed by atoms with Crippen molar-refractivity contribution >= 4 is 12.4 Å². The van der Waals surface area contributed by atoms with Crippen molar-refractivity contribution in [2.24, 2.45) is 23.2 Å². The van der Waals surface area contributed by atoms with Gasteiger partial charge in [-0.2, -0.15) is 0 Å². The van der Waals surface area contributed by atoms with Gasteiger partial charge in [-0.1, -0.05) is 38.1 Å². The maximum absolute atomic E-state index is 12.1. The Hall–Kier alpha value is -1.07. The van der Waals surface area contributed by atoms with Gasteiger partial charge in [0.15, 0.2) is 0 Å². The molecule has 1 aromatic carbocycles. The molecule has 5 heteroatoms. The Morgan fingerprint density at radius 3 is 2.77 bits per heavy atom. The van der Waals surface area contributed by atoms with E-state index in [2.05, 4.69) is 56.0 Å². The molecule has 8 rings (SSSR count). The lowest BCUT2D eigenvalue weighted by molar-refractivity contribution is -0.249. The summed E-state index contributed by atoms with van der Waals surface area (Å²) in [6.45, 7) is 8.97. The molecule has 4 nitrogen and oxygen atoms in total. The molecule has 4 bridgehead atoms. The SMILES string of the molecule is CO[C@]12C=C[C@@]3(CC1C(C)(O)CCC(C)C)[C@H]1Cc4cccc5c4[C@@]3(CCN1CC1CC1)C2O5.Cl. The zero-order valence-corrected chi connectivity index (χ0v) is 22.6. The number of piperidine rings is 1. The molecule has 2 saturated carbocycles. The molecule has 7 aliphatic rings. The molecule has 1 N–H and O–H groups in total. The summed E-state index contributed by atoms with van der Waals surface area (Å²) < 4.78 is 13.5. The van der Waals surface area contributed by atoms with Gasteiger partial charge < -0.3 is 14.6 Å². The average Bonchev–Trinajstić information content (AvgIpc) is 3.56. The van der Waals surface area contributed by atoms with E-state index < -0.39 is 11.2 Å². The second-order valence-electron chi connectivity index (χ2n) is 13.1. The highest BCUT2D eigenvalue weighted by molar-refractivity contribution is 5.85. The van der Waals surface area contributed by atoms with Crippen LogP contribution in [-0.2, 0) is 16.6 Å². The number of rotatable bonds is 7. The van der Waals surface area contributed by atoms with E-state index in [-0.39, 0.29) is 35.3 Å². The van der Waals surface area contributed by atoms with Gasteiger partial charge in [0.25, 0.3) is 0 Å². The molecule has 1 saturated heterocycles. The quantitative estimate of drug-likeness (QED) is 0.517. The van der Waals surface area contributed by atoms with Crippen molar-refractivity contribution in [3.05, 3.63) is 41.5 Å². The minimum atomic E-state index is -0.798. The topological polar surface area (TPSA) is 41.9 Å². The first kappa shape index (κ1) is 24.3. The van der Waals surface area contributed by atoms with E-state index in [0.29, 0.717) is 12.0 Å². The predicted molar refractivity (Wildman–Crippen MR) is 140 cm³/mol. The second kappa shape index (κ2) is 7.72. The summed E-state index contributed by atoms with van der Waals surface area (Å²) in [7, 11) is 1.85. The van der Waals surface area contributed by atoms with E-state index in [1.54, 1.807) is 0 Å². The van der Waals surface area contributed by atoms with Gasteiger partial charge in [-0.05, 0) is 81.9 Å². The van der Waals surface area contributed by atoms with Crippen molar-refractivity contribution in [2.75, 3.05) is 20.2 Å². The Labute approximate surface area is 216 Å². The van der Waals surface area contributed by atoms with Crippen LogP contribution in [0.3, 0.4) is 0 Å². The Morgan fingerprint density at radius 2 is 2.06 bits per heavy atom. The van der Waals surface area contributed by atoms with Gasteiger partial charge >= 0.3 is 0 Å². The van der Waals surface area contributed by atoms with Gasteiger partial charge in [0, 0.05) is 36.6 Å². The molecule has 0 aromatic heterocycles. The number of aliphatic hydroxyl groups is 1. The number of likely N-dealkylation sites (tertiary alicyclic amines) is 1. The fourth-order valence-electron chi connectivity index (χ4n) is 9.21. The van der Waals surface area contributed by atoms with Gasteiger partial charge in [-0.15, -0.1) is 12.4 Å². The smallest absolute Gasteiger partial charge is 0.142 e. The molecule has 5 aliphatic carbocycles. The van der Waals surface area contributed by atoms with Crippen LogP contribution in [0.5, 0.6) is 5.75 Å². The minimum Gasteiger partial charge on any atom is -0.486 e. The molecular formula is C30H42ClNO3. The summed E-state index contributed by atoms with van der Waals surface area (Å²) in [5.41, 5.74) is 1.53. The van der Waals surface area contributed by atoms with Crippen molar-refractivity contribution in [2.45, 2.75) is 94.5 Å². The van der Waals surface area contributed by atoms with E-state index in [9.17, 15) is 5.11 Å². The summed E-state index contributed by atoms with van der Waals surface area (Å²) in [5.74, 6) is 2.55. The van der Waals surface area contributed by atoms with Crippen LogP contribution in [0, 0.1) is 23.2 Å². The summed E-state index contributed by atoms with van der Waals surface area (Å²) in [5, 5.41) is 12.1. The lowest BCUT2D eigenvalue weighted by atomic mass is 9.36. The molecule has 1 aromatic rings. The van der Waals surface area contributed by atoms with E-state index in [1.165, 1.54) is 30.5 Å². The van der Waals surface area contributed by atoms with E-state index in [4.69, 9.17) is 9.47 Å². The molecule has 2 spiro atoms. The summed E-state index contributed by atoms with van der Waals surface area (Å²) in [6, 6.07) is 7.20. The Bertz CT molecular complexity index is 1050. The molecular weight excluding hydrogens is 458 g/mol. The molecule has 3 fully saturated rings. The number of halogens is 1. The number of hydrogen-bond acceptors (Lipinski definition) is 4. The zero-order valence-electron chi connectivity index (χ0n) is 21.8. The van der Waals surface area contributed by atoms with Gasteiger partial charge in [0.2, 0.25) is 0 Å². The third-order valence-electron chi connectivity index (χ3n) is 11.0. The van der Waals surface area contributed by atoms with Crippen LogP contribution >= 0.6 is 12.4 Å². The maximum Gasteiger partial charge on any atom is 0.142 e. The van der Waals surface area contributed by atoms with Gasteiger partial charge in [-0.25, -0.2) is 0 Å². The fourth-order valence-corrected chi connectivity index (χ4v) is 9.21. The number of fused-ring (bicyclic) bond motifs is 1. The average molecular weight is 500 g/mol. The number of ether oxygens (including phenoxy) is 2. The predicted octanol–water partition coefficient (Wildman–Crippen LogP) is 5.30. The highest BCUT2D eigenvalue weighted by Crippen LogP contribution is 2.75. The summed E-state index contributed by atoms with van der Waals surface area (Å²) >= 11 is 0. The highest BCUT2D eigenvalue weighted by atomic mass is 35.5. The van der Waals surface area contributed by atoms with Gasteiger partial charge in [0.1, 0.15) is 17.5 Å². The lowest BCUT2D eigenvalue weighted by Crippen LogP contribution is -2.80. The zero-order chi connectivity index (χ0) is 23.5. The third-order valence-corrected chi connectivity index (χ3v) is 11.0. The normalized spacial score (nSPS) is 41.8. The first-order valence-corrected chi connectivity index (χ1v) is 13.8. The van der Waals surface area contributed by atoms with Crippen LogP contribution in [0.2, 0.25) is 0 Å². The Kier molecular flexibility index (Phi) is 5.36. The molecule has 0 radical (unpaired) electrons.